The van der Waals surface area contributed by atoms with E-state index < -0.39 is 35.4 Å². The molecule has 10 heteroatoms. The molecule has 0 radical (unpaired) electrons. The van der Waals surface area contributed by atoms with E-state index in [0.717, 1.165) is 6.07 Å². The SMILES string of the molecule is CC(C)(C)OC(=O)N1CCC[C@@H]1C(=O)NCc1ncc(C(F)(F)F)cc1Cl. The van der Waals surface area contributed by atoms with Crippen LogP contribution in [0.15, 0.2) is 12.3 Å². The fourth-order valence-corrected chi connectivity index (χ4v) is 2.85. The minimum atomic E-state index is -4.55. The number of ether oxygens (including phenoxy) is 1. The quantitative estimate of drug-likeness (QED) is 0.828. The first-order valence-electron chi connectivity index (χ1n) is 8.37. The molecule has 0 aromatic carbocycles. The number of carbonyl (C=O) groups is 2. The van der Waals surface area contributed by atoms with Crippen LogP contribution in [0.4, 0.5) is 18.0 Å². The van der Waals surface area contributed by atoms with Crippen molar-refractivity contribution in [3.05, 3.63) is 28.5 Å². The Balaban J connectivity index is 2.00. The molecule has 1 fully saturated rings. The van der Waals surface area contributed by atoms with E-state index in [9.17, 15) is 22.8 Å². The minimum Gasteiger partial charge on any atom is -0.444 e. The van der Waals surface area contributed by atoms with E-state index in [2.05, 4.69) is 10.3 Å². The standard InChI is InChI=1S/C17H21ClF3N3O3/c1-16(2,3)27-15(26)24-6-4-5-13(24)14(25)23-9-12-11(18)7-10(8-22-12)17(19,20)21/h7-8,13H,4-6,9H2,1-3H3,(H,23,25)/t13-/m1/s1. The molecule has 1 aromatic rings. The Labute approximate surface area is 160 Å². The van der Waals surface area contributed by atoms with Crippen LogP contribution in [0.1, 0.15) is 44.9 Å². The van der Waals surface area contributed by atoms with Gasteiger partial charge in [0.2, 0.25) is 5.91 Å². The second-order valence-electron chi connectivity index (χ2n) is 7.20. The molecule has 1 aromatic heterocycles. The van der Waals surface area contributed by atoms with Gasteiger partial charge >= 0.3 is 12.3 Å². The lowest BCUT2D eigenvalue weighted by molar-refractivity contribution is -0.137. The van der Waals surface area contributed by atoms with Gasteiger partial charge in [-0.15, -0.1) is 0 Å². The minimum absolute atomic E-state index is 0.111. The molecule has 27 heavy (non-hydrogen) atoms. The van der Waals surface area contributed by atoms with Gasteiger partial charge in [-0.1, -0.05) is 11.6 Å². The summed E-state index contributed by atoms with van der Waals surface area (Å²) in [5, 5.41) is 2.38. The highest BCUT2D eigenvalue weighted by molar-refractivity contribution is 6.31. The number of alkyl halides is 3. The fraction of sp³-hybridized carbons (Fsp3) is 0.588. The normalized spacial score (nSPS) is 17.7. The molecule has 1 atom stereocenters. The van der Waals surface area contributed by atoms with E-state index in [1.54, 1.807) is 20.8 Å². The Morgan fingerprint density at radius 1 is 1.37 bits per heavy atom. The topological polar surface area (TPSA) is 71.5 Å². The fourth-order valence-electron chi connectivity index (χ4n) is 2.62. The monoisotopic (exact) mass is 407 g/mol. The van der Waals surface area contributed by atoms with Crippen molar-refractivity contribution < 1.29 is 27.5 Å². The van der Waals surface area contributed by atoms with Crippen LogP contribution in [0.25, 0.3) is 0 Å². The number of rotatable bonds is 3. The molecule has 150 valence electrons. The van der Waals surface area contributed by atoms with Crippen LogP contribution in [0.3, 0.4) is 0 Å². The number of amides is 2. The van der Waals surface area contributed by atoms with E-state index in [1.807, 2.05) is 0 Å². The Hall–Kier alpha value is -2.03. The number of nitrogens with zero attached hydrogens (tertiary/aromatic N) is 2. The van der Waals surface area contributed by atoms with Crippen molar-refractivity contribution in [1.29, 1.82) is 0 Å². The molecule has 6 nitrogen and oxygen atoms in total. The summed E-state index contributed by atoms with van der Waals surface area (Å²) in [6.07, 6.45) is -3.34. The molecule has 0 unspecified atom stereocenters. The zero-order valence-corrected chi connectivity index (χ0v) is 15.9. The van der Waals surface area contributed by atoms with Crippen LogP contribution >= 0.6 is 11.6 Å². The first-order valence-corrected chi connectivity index (χ1v) is 8.75. The van der Waals surface area contributed by atoms with Crippen LogP contribution in [0.5, 0.6) is 0 Å². The van der Waals surface area contributed by atoms with Gasteiger partial charge in [-0.05, 0) is 39.7 Å². The van der Waals surface area contributed by atoms with E-state index in [-0.39, 0.29) is 17.3 Å². The molecule has 1 aliphatic heterocycles. The average molecular weight is 408 g/mol. The molecular weight excluding hydrogens is 387 g/mol. The first-order chi connectivity index (χ1) is 12.4. The summed E-state index contributed by atoms with van der Waals surface area (Å²) in [4.78, 5) is 29.7. The zero-order chi connectivity index (χ0) is 20.4. The Morgan fingerprint density at radius 2 is 2.04 bits per heavy atom. The Morgan fingerprint density at radius 3 is 2.59 bits per heavy atom. The van der Waals surface area contributed by atoms with E-state index >= 15 is 0 Å². The second kappa shape index (κ2) is 7.92. The predicted octanol–water partition coefficient (Wildman–Crippen LogP) is 3.77. The maximum atomic E-state index is 12.6. The average Bonchev–Trinajstić information content (AvgIpc) is 3.00. The smallest absolute Gasteiger partial charge is 0.417 e. The van der Waals surface area contributed by atoms with Crippen molar-refractivity contribution in [3.63, 3.8) is 0 Å². The molecule has 0 spiro atoms. The summed E-state index contributed by atoms with van der Waals surface area (Å²) < 4.78 is 43.2. The number of hydrogen-bond donors (Lipinski definition) is 1. The number of nitrogens with one attached hydrogen (secondary N) is 1. The molecule has 1 aliphatic rings. The molecule has 1 saturated heterocycles. The van der Waals surface area contributed by atoms with Gasteiger partial charge in [0.1, 0.15) is 11.6 Å². The van der Waals surface area contributed by atoms with Gasteiger partial charge in [0.15, 0.2) is 0 Å². The number of likely N-dealkylation sites (tertiary alicyclic amines) is 1. The van der Waals surface area contributed by atoms with E-state index in [4.69, 9.17) is 16.3 Å². The molecule has 1 N–H and O–H groups in total. The molecular formula is C17H21ClF3N3O3. The van der Waals surface area contributed by atoms with E-state index in [0.29, 0.717) is 25.6 Å². The predicted molar refractivity (Wildman–Crippen MR) is 92.1 cm³/mol. The van der Waals surface area contributed by atoms with Crippen LogP contribution in [0.2, 0.25) is 5.02 Å². The third-order valence-corrected chi connectivity index (χ3v) is 4.19. The summed E-state index contributed by atoms with van der Waals surface area (Å²) in [6, 6.07) is 0.0617. The van der Waals surface area contributed by atoms with Crippen LogP contribution < -0.4 is 5.32 Å². The second-order valence-corrected chi connectivity index (χ2v) is 7.61. The van der Waals surface area contributed by atoms with Gasteiger partial charge in [-0.3, -0.25) is 14.7 Å². The number of aromatic nitrogens is 1. The van der Waals surface area contributed by atoms with Crippen molar-refractivity contribution in [2.45, 2.75) is 58.0 Å². The van der Waals surface area contributed by atoms with Gasteiger partial charge in [-0.2, -0.15) is 13.2 Å². The summed E-state index contributed by atoms with van der Waals surface area (Å²) in [5.74, 6) is -0.434. The van der Waals surface area contributed by atoms with Gasteiger partial charge in [0.25, 0.3) is 0 Å². The highest BCUT2D eigenvalue weighted by atomic mass is 35.5. The lowest BCUT2D eigenvalue weighted by atomic mass is 10.2. The summed E-state index contributed by atoms with van der Waals surface area (Å²) in [7, 11) is 0. The Bertz CT molecular complexity index is 720. The summed E-state index contributed by atoms with van der Waals surface area (Å²) >= 11 is 5.83. The van der Waals surface area contributed by atoms with Crippen molar-refractivity contribution in [1.82, 2.24) is 15.2 Å². The highest BCUT2D eigenvalue weighted by Gasteiger charge is 2.36. The maximum absolute atomic E-state index is 12.6. The van der Waals surface area contributed by atoms with Crippen molar-refractivity contribution in [2.75, 3.05) is 6.54 Å². The summed E-state index contributed by atoms with van der Waals surface area (Å²) in [6.45, 7) is 5.44. The Kier molecular flexibility index (Phi) is 6.24. The first kappa shape index (κ1) is 21.3. The van der Waals surface area contributed by atoms with E-state index in [1.165, 1.54) is 4.90 Å². The van der Waals surface area contributed by atoms with Crippen molar-refractivity contribution in [3.8, 4) is 0 Å². The van der Waals surface area contributed by atoms with Crippen LogP contribution in [-0.2, 0) is 22.3 Å². The van der Waals surface area contributed by atoms with Gasteiger partial charge in [0.05, 0.1) is 22.8 Å². The highest BCUT2D eigenvalue weighted by Crippen LogP contribution is 2.31. The van der Waals surface area contributed by atoms with Gasteiger partial charge in [-0.25, -0.2) is 4.79 Å². The van der Waals surface area contributed by atoms with Crippen LogP contribution in [0, 0.1) is 0 Å². The molecule has 0 saturated carbocycles. The lowest BCUT2D eigenvalue weighted by Gasteiger charge is -2.28. The largest absolute Gasteiger partial charge is 0.444 e. The van der Waals surface area contributed by atoms with Crippen molar-refractivity contribution >= 4 is 23.6 Å². The summed E-state index contributed by atoms with van der Waals surface area (Å²) in [5.41, 5.74) is -1.53. The molecule has 0 bridgehead atoms. The van der Waals surface area contributed by atoms with Gasteiger partial charge in [0, 0.05) is 12.7 Å². The third-order valence-electron chi connectivity index (χ3n) is 3.86. The molecule has 2 heterocycles. The maximum Gasteiger partial charge on any atom is 0.417 e. The molecule has 2 rings (SSSR count). The number of halogens is 4. The number of pyridine rings is 1. The molecule has 0 aliphatic carbocycles. The number of carbonyl (C=O) groups excluding carboxylic acids is 2. The van der Waals surface area contributed by atoms with Gasteiger partial charge < -0.3 is 10.1 Å². The number of hydrogen-bond acceptors (Lipinski definition) is 4. The molecule has 2 amide bonds. The van der Waals surface area contributed by atoms with Crippen LogP contribution in [-0.4, -0.2) is 40.1 Å². The van der Waals surface area contributed by atoms with Crippen molar-refractivity contribution in [2.24, 2.45) is 0 Å². The lowest BCUT2D eigenvalue weighted by Crippen LogP contribution is -2.47. The third kappa shape index (κ3) is 5.72. The zero-order valence-electron chi connectivity index (χ0n) is 15.2.